The van der Waals surface area contributed by atoms with Crippen molar-refractivity contribution in [2.75, 3.05) is 18.4 Å². The normalized spacial score (nSPS) is 14.3. The lowest BCUT2D eigenvalue weighted by molar-refractivity contribution is -0.112. The minimum atomic E-state index is 0.0192. The molecule has 0 aromatic heterocycles. The highest BCUT2D eigenvalue weighted by Gasteiger charge is 2.18. The molecule has 2 rings (SSSR count). The molecule has 21 heavy (non-hydrogen) atoms. The fraction of sp³-hybridized carbons (Fsp3) is 0.500. The summed E-state index contributed by atoms with van der Waals surface area (Å²) in [5, 5.41) is 6.25. The molecule has 0 saturated carbocycles. The Hall–Kier alpha value is -1.61. The van der Waals surface area contributed by atoms with Crippen molar-refractivity contribution in [3.8, 4) is 0 Å². The van der Waals surface area contributed by atoms with Gasteiger partial charge in [0.1, 0.15) is 0 Å². The van der Waals surface area contributed by atoms with Crippen molar-refractivity contribution in [1.29, 1.82) is 0 Å². The van der Waals surface area contributed by atoms with Crippen LogP contribution in [0.2, 0.25) is 0 Å². The molecule has 1 aliphatic heterocycles. The van der Waals surface area contributed by atoms with Crippen LogP contribution in [0.3, 0.4) is 0 Å². The van der Waals surface area contributed by atoms with Crippen LogP contribution in [0.1, 0.15) is 57.6 Å². The molecular weight excluding hydrogens is 260 g/mol. The molecule has 114 valence electrons. The Morgan fingerprint density at radius 2 is 1.81 bits per heavy atom. The highest BCUT2D eigenvalue weighted by Crippen LogP contribution is 2.29. The van der Waals surface area contributed by atoms with Gasteiger partial charge in [0.15, 0.2) is 0 Å². The van der Waals surface area contributed by atoms with Gasteiger partial charge in [-0.3, -0.25) is 4.79 Å². The average Bonchev–Trinajstić information content (AvgIpc) is 2.36. The monoisotopic (exact) mass is 286 g/mol. The van der Waals surface area contributed by atoms with Gasteiger partial charge in [-0.1, -0.05) is 39.8 Å². The first-order valence-corrected chi connectivity index (χ1v) is 7.74. The fourth-order valence-electron chi connectivity index (χ4n) is 2.42. The van der Waals surface area contributed by atoms with Crippen LogP contribution < -0.4 is 10.6 Å². The van der Waals surface area contributed by atoms with E-state index in [9.17, 15) is 4.79 Å². The van der Waals surface area contributed by atoms with Crippen molar-refractivity contribution < 1.29 is 4.79 Å². The summed E-state index contributed by atoms with van der Waals surface area (Å²) in [7, 11) is 0. The van der Waals surface area contributed by atoms with Crippen LogP contribution in [0, 0.1) is 0 Å². The molecule has 0 unspecified atom stereocenters. The second kappa shape index (κ2) is 6.44. The Morgan fingerprint density at radius 1 is 1.14 bits per heavy atom. The number of carbonyl (C=O) groups is 1. The van der Waals surface area contributed by atoms with E-state index >= 15 is 0 Å². The van der Waals surface area contributed by atoms with Gasteiger partial charge in [-0.05, 0) is 41.5 Å². The summed E-state index contributed by atoms with van der Waals surface area (Å²) < 4.78 is 0. The Bertz CT molecular complexity index is 565. The summed E-state index contributed by atoms with van der Waals surface area (Å²) in [6.45, 7) is 12.3. The topological polar surface area (TPSA) is 41.1 Å². The van der Waals surface area contributed by atoms with Crippen LogP contribution in [-0.4, -0.2) is 19.0 Å². The number of nitrogens with one attached hydrogen (secondary N) is 2. The van der Waals surface area contributed by atoms with Gasteiger partial charge >= 0.3 is 0 Å². The predicted molar refractivity (Wildman–Crippen MR) is 88.8 cm³/mol. The highest BCUT2D eigenvalue weighted by atomic mass is 16.1. The summed E-state index contributed by atoms with van der Waals surface area (Å²) in [4.78, 5) is 12.3. The molecule has 3 nitrogen and oxygen atoms in total. The molecule has 1 heterocycles. The molecule has 1 amide bonds. The molecule has 1 aromatic carbocycles. The van der Waals surface area contributed by atoms with E-state index in [0.29, 0.717) is 11.8 Å². The standard InChI is InChI=1S/C18H26N2O/c1-11(2)14-6-7-17(16(8-14)12(3)4)20-18(21)13(5)15-9-19-10-15/h6-8,11-12,19H,9-10H2,1-5H3,(H,20,21). The van der Waals surface area contributed by atoms with E-state index in [0.717, 1.165) is 24.4 Å². The summed E-state index contributed by atoms with van der Waals surface area (Å²) in [6.07, 6.45) is 0. The lowest BCUT2D eigenvalue weighted by Gasteiger charge is -2.22. The maximum atomic E-state index is 12.3. The number of hydrogen-bond acceptors (Lipinski definition) is 2. The van der Waals surface area contributed by atoms with Gasteiger partial charge in [0.2, 0.25) is 0 Å². The molecular formula is C18H26N2O. The summed E-state index contributed by atoms with van der Waals surface area (Å²) >= 11 is 0. The van der Waals surface area contributed by atoms with E-state index < -0.39 is 0 Å². The number of rotatable bonds is 4. The Balaban J connectivity index is 2.25. The first-order valence-electron chi connectivity index (χ1n) is 7.74. The van der Waals surface area contributed by atoms with Crippen molar-refractivity contribution in [2.24, 2.45) is 0 Å². The highest BCUT2D eigenvalue weighted by molar-refractivity contribution is 6.04. The Labute approximate surface area is 127 Å². The Kier molecular flexibility index (Phi) is 4.84. The zero-order valence-corrected chi connectivity index (χ0v) is 13.7. The van der Waals surface area contributed by atoms with Crippen LogP contribution in [-0.2, 0) is 4.79 Å². The third-order valence-electron chi connectivity index (χ3n) is 4.16. The SMILES string of the molecule is CC(C(=O)Nc1ccc(C(C)C)cc1C(C)C)=C1CNC1. The smallest absolute Gasteiger partial charge is 0.251 e. The molecule has 3 heteroatoms. The largest absolute Gasteiger partial charge is 0.322 e. The van der Waals surface area contributed by atoms with Crippen molar-refractivity contribution in [3.63, 3.8) is 0 Å². The van der Waals surface area contributed by atoms with Gasteiger partial charge in [-0.2, -0.15) is 0 Å². The molecule has 0 bridgehead atoms. The second-order valence-electron chi connectivity index (χ2n) is 6.44. The average molecular weight is 286 g/mol. The van der Waals surface area contributed by atoms with Gasteiger partial charge in [0, 0.05) is 24.4 Å². The molecule has 0 aliphatic carbocycles. The van der Waals surface area contributed by atoms with Crippen molar-refractivity contribution in [3.05, 3.63) is 40.5 Å². The zero-order chi connectivity index (χ0) is 15.6. The van der Waals surface area contributed by atoms with E-state index in [1.165, 1.54) is 16.7 Å². The molecule has 0 spiro atoms. The van der Waals surface area contributed by atoms with E-state index in [1.807, 2.05) is 13.0 Å². The molecule has 1 fully saturated rings. The predicted octanol–water partition coefficient (Wildman–Crippen LogP) is 3.79. The molecule has 0 radical (unpaired) electrons. The third-order valence-corrected chi connectivity index (χ3v) is 4.16. The number of amides is 1. The molecule has 2 N–H and O–H groups in total. The molecule has 1 saturated heterocycles. The lowest BCUT2D eigenvalue weighted by atomic mass is 9.94. The van der Waals surface area contributed by atoms with E-state index in [-0.39, 0.29) is 5.91 Å². The number of carbonyl (C=O) groups excluding carboxylic acids is 1. The molecule has 1 aromatic rings. The van der Waals surface area contributed by atoms with Crippen molar-refractivity contribution in [1.82, 2.24) is 5.32 Å². The number of anilines is 1. The summed E-state index contributed by atoms with van der Waals surface area (Å²) in [5.74, 6) is 0.903. The van der Waals surface area contributed by atoms with E-state index in [1.54, 1.807) is 0 Å². The van der Waals surface area contributed by atoms with Crippen LogP contribution >= 0.6 is 0 Å². The lowest BCUT2D eigenvalue weighted by Crippen LogP contribution is -2.36. The van der Waals surface area contributed by atoms with Crippen LogP contribution in [0.25, 0.3) is 0 Å². The summed E-state index contributed by atoms with van der Waals surface area (Å²) in [6, 6.07) is 6.37. The van der Waals surface area contributed by atoms with Crippen molar-refractivity contribution >= 4 is 11.6 Å². The van der Waals surface area contributed by atoms with Gasteiger partial charge < -0.3 is 10.6 Å². The minimum Gasteiger partial charge on any atom is -0.322 e. The summed E-state index contributed by atoms with van der Waals surface area (Å²) in [5.41, 5.74) is 5.51. The Morgan fingerprint density at radius 3 is 2.29 bits per heavy atom. The first kappa shape index (κ1) is 15.8. The van der Waals surface area contributed by atoms with Gasteiger partial charge in [-0.25, -0.2) is 0 Å². The van der Waals surface area contributed by atoms with Crippen molar-refractivity contribution in [2.45, 2.75) is 46.5 Å². The van der Waals surface area contributed by atoms with E-state index in [4.69, 9.17) is 0 Å². The number of hydrogen-bond donors (Lipinski definition) is 2. The van der Waals surface area contributed by atoms with E-state index in [2.05, 4.69) is 50.5 Å². The van der Waals surface area contributed by atoms with Crippen LogP contribution in [0.4, 0.5) is 5.69 Å². The number of benzene rings is 1. The van der Waals surface area contributed by atoms with Gasteiger partial charge in [0.25, 0.3) is 5.91 Å². The van der Waals surface area contributed by atoms with Crippen LogP contribution in [0.15, 0.2) is 29.3 Å². The van der Waals surface area contributed by atoms with Crippen LogP contribution in [0.5, 0.6) is 0 Å². The second-order valence-corrected chi connectivity index (χ2v) is 6.44. The fourth-order valence-corrected chi connectivity index (χ4v) is 2.42. The quantitative estimate of drug-likeness (QED) is 0.827. The first-order chi connectivity index (χ1) is 9.90. The maximum absolute atomic E-state index is 12.3. The van der Waals surface area contributed by atoms with Gasteiger partial charge in [-0.15, -0.1) is 0 Å². The third kappa shape index (κ3) is 3.53. The molecule has 0 atom stereocenters. The maximum Gasteiger partial charge on any atom is 0.251 e. The van der Waals surface area contributed by atoms with Gasteiger partial charge in [0.05, 0.1) is 0 Å². The molecule has 1 aliphatic rings. The minimum absolute atomic E-state index is 0.0192. The zero-order valence-electron chi connectivity index (χ0n) is 13.7.